The van der Waals surface area contributed by atoms with Crippen molar-refractivity contribution in [3.8, 4) is 17.1 Å². The van der Waals surface area contributed by atoms with Crippen LogP contribution in [0.25, 0.3) is 11.3 Å². The van der Waals surface area contributed by atoms with E-state index in [9.17, 15) is 0 Å². The number of ether oxygens (including phenoxy) is 1. The first-order valence-electron chi connectivity index (χ1n) is 7.37. The van der Waals surface area contributed by atoms with Gasteiger partial charge < -0.3 is 10.1 Å². The Morgan fingerprint density at radius 1 is 1.33 bits per heavy atom. The largest absolute Gasteiger partial charge is 0.448 e. The second-order valence-corrected chi connectivity index (χ2v) is 8.00. The average molecular weight is 421 g/mol. The van der Waals surface area contributed by atoms with E-state index in [1.54, 1.807) is 23.1 Å². The molecule has 1 aliphatic heterocycles. The first-order valence-corrected chi connectivity index (χ1v) is 10.1. The van der Waals surface area contributed by atoms with Crippen molar-refractivity contribution >= 4 is 44.7 Å². The summed E-state index contributed by atoms with van der Waals surface area (Å²) in [6, 6.07) is 8.04. The highest BCUT2D eigenvalue weighted by atomic mass is 79.9. The Labute approximate surface area is 156 Å². The van der Waals surface area contributed by atoms with Gasteiger partial charge in [0.1, 0.15) is 0 Å². The number of nitrogens with zero attached hydrogens (tertiary/aromatic N) is 3. The number of halogens is 1. The van der Waals surface area contributed by atoms with E-state index in [0.717, 1.165) is 27.0 Å². The number of hydrogen-bond acceptors (Lipinski definition) is 7. The second kappa shape index (κ2) is 6.70. The highest BCUT2D eigenvalue weighted by Crippen LogP contribution is 2.40. The fraction of sp³-hybridized carbons (Fsp3) is 0.188. The molecule has 0 saturated heterocycles. The Hall–Kier alpha value is -1.64. The lowest BCUT2D eigenvalue weighted by Crippen LogP contribution is -2.16. The first kappa shape index (κ1) is 15.9. The summed E-state index contributed by atoms with van der Waals surface area (Å²) in [4.78, 5) is 4.57. The predicted octanol–water partition coefficient (Wildman–Crippen LogP) is 4.98. The number of aromatic nitrogens is 3. The molecule has 0 spiro atoms. The van der Waals surface area contributed by atoms with Crippen LogP contribution in [0.4, 0.5) is 5.69 Å². The maximum Gasteiger partial charge on any atom is 0.247 e. The van der Waals surface area contributed by atoms with Crippen LogP contribution < -0.4 is 10.1 Å². The maximum atomic E-state index is 6.16. The molecule has 2 aromatic heterocycles. The van der Waals surface area contributed by atoms with Crippen LogP contribution in [0, 0.1) is 0 Å². The third-order valence-corrected chi connectivity index (χ3v) is 5.42. The summed E-state index contributed by atoms with van der Waals surface area (Å²) in [6.07, 6.45) is -0.311. The van der Waals surface area contributed by atoms with Gasteiger partial charge >= 0.3 is 0 Å². The summed E-state index contributed by atoms with van der Waals surface area (Å²) < 4.78 is 7.13. The van der Waals surface area contributed by atoms with Crippen LogP contribution in [0.5, 0.6) is 5.88 Å². The molecule has 1 atom stereocenters. The molecule has 122 valence electrons. The summed E-state index contributed by atoms with van der Waals surface area (Å²) in [5.74, 6) is 1.39. The molecule has 0 fully saturated rings. The lowest BCUT2D eigenvalue weighted by atomic mass is 10.1. The van der Waals surface area contributed by atoms with Crippen LogP contribution >= 0.6 is 39.0 Å². The van der Waals surface area contributed by atoms with E-state index in [2.05, 4.69) is 48.7 Å². The van der Waals surface area contributed by atoms with E-state index >= 15 is 0 Å². The smallest absolute Gasteiger partial charge is 0.247 e. The van der Waals surface area contributed by atoms with E-state index < -0.39 is 0 Å². The Kier molecular flexibility index (Phi) is 4.43. The van der Waals surface area contributed by atoms with Gasteiger partial charge in [-0.15, -0.1) is 10.2 Å². The lowest BCUT2D eigenvalue weighted by molar-refractivity contribution is 0.225. The van der Waals surface area contributed by atoms with Crippen molar-refractivity contribution in [1.29, 1.82) is 0 Å². The summed E-state index contributed by atoms with van der Waals surface area (Å²) in [6.45, 7) is 2.06. The Bertz CT molecular complexity index is 873. The van der Waals surface area contributed by atoms with Gasteiger partial charge in [0.05, 0.1) is 0 Å². The minimum absolute atomic E-state index is 0.311. The van der Waals surface area contributed by atoms with Crippen LogP contribution in [0.15, 0.2) is 44.7 Å². The third-order valence-electron chi connectivity index (χ3n) is 3.51. The van der Waals surface area contributed by atoms with E-state index in [1.807, 2.05) is 29.6 Å². The molecular weight excluding hydrogens is 408 g/mol. The SMILES string of the molecule is CCSc1nnc2c(n1)O[C@@H](c1ccsc1)Nc1ccc(Br)cc1-2. The quantitative estimate of drug-likeness (QED) is 0.602. The molecule has 0 saturated carbocycles. The molecule has 5 nitrogen and oxygen atoms in total. The molecule has 0 aliphatic carbocycles. The fourth-order valence-electron chi connectivity index (χ4n) is 2.44. The van der Waals surface area contributed by atoms with Crippen molar-refractivity contribution in [2.75, 3.05) is 11.1 Å². The first-order chi connectivity index (χ1) is 11.7. The highest BCUT2D eigenvalue weighted by Gasteiger charge is 2.26. The molecule has 4 rings (SSSR count). The van der Waals surface area contributed by atoms with Gasteiger partial charge in [0.25, 0.3) is 0 Å². The predicted molar refractivity (Wildman–Crippen MR) is 101 cm³/mol. The summed E-state index contributed by atoms with van der Waals surface area (Å²) >= 11 is 6.70. The Balaban J connectivity index is 1.86. The Morgan fingerprint density at radius 2 is 2.25 bits per heavy atom. The van der Waals surface area contributed by atoms with Crippen LogP contribution in [0.1, 0.15) is 18.7 Å². The number of hydrogen-bond donors (Lipinski definition) is 1. The zero-order chi connectivity index (χ0) is 16.5. The van der Waals surface area contributed by atoms with Gasteiger partial charge in [0.15, 0.2) is 11.9 Å². The van der Waals surface area contributed by atoms with E-state index in [4.69, 9.17) is 4.74 Å². The van der Waals surface area contributed by atoms with Crippen LogP contribution in [0.2, 0.25) is 0 Å². The number of fused-ring (bicyclic) bond motifs is 3. The molecule has 3 heterocycles. The minimum Gasteiger partial charge on any atom is -0.448 e. The highest BCUT2D eigenvalue weighted by molar-refractivity contribution is 9.10. The molecule has 0 radical (unpaired) electrons. The van der Waals surface area contributed by atoms with E-state index in [0.29, 0.717) is 16.7 Å². The van der Waals surface area contributed by atoms with Crippen LogP contribution in [0.3, 0.4) is 0 Å². The summed E-state index contributed by atoms with van der Waals surface area (Å²) in [5.41, 5.74) is 3.58. The minimum atomic E-state index is -0.311. The number of thioether (sulfide) groups is 1. The topological polar surface area (TPSA) is 59.9 Å². The normalized spacial score (nSPS) is 15.7. The molecule has 1 aliphatic rings. The van der Waals surface area contributed by atoms with Crippen molar-refractivity contribution in [3.63, 3.8) is 0 Å². The molecule has 3 aromatic rings. The van der Waals surface area contributed by atoms with Gasteiger partial charge in [-0.3, -0.25) is 0 Å². The number of benzene rings is 1. The Morgan fingerprint density at radius 3 is 3.04 bits per heavy atom. The molecule has 0 amide bonds. The van der Waals surface area contributed by atoms with Crippen molar-refractivity contribution in [2.45, 2.75) is 18.3 Å². The summed E-state index contributed by atoms with van der Waals surface area (Å²) in [7, 11) is 0. The monoisotopic (exact) mass is 420 g/mol. The standard InChI is InChI=1S/C16H13BrN4OS2/c1-2-24-16-19-15-13(20-21-16)11-7-10(17)3-4-12(11)18-14(22-15)9-5-6-23-8-9/h3-8,14,18H,2H2,1H3/t14-/m0/s1. The van der Waals surface area contributed by atoms with Gasteiger partial charge in [-0.2, -0.15) is 16.3 Å². The second-order valence-electron chi connectivity index (χ2n) is 5.07. The number of nitrogens with one attached hydrogen (secondary N) is 1. The van der Waals surface area contributed by atoms with E-state index in [1.165, 1.54) is 0 Å². The molecule has 24 heavy (non-hydrogen) atoms. The molecule has 1 aromatic carbocycles. The fourth-order valence-corrected chi connectivity index (χ4v) is 3.97. The van der Waals surface area contributed by atoms with Crippen molar-refractivity contribution in [2.24, 2.45) is 0 Å². The van der Waals surface area contributed by atoms with Gasteiger partial charge in [-0.25, -0.2) is 0 Å². The number of thiophene rings is 1. The molecule has 0 unspecified atom stereocenters. The molecule has 0 bridgehead atoms. The van der Waals surface area contributed by atoms with Gasteiger partial charge in [-0.1, -0.05) is 34.6 Å². The van der Waals surface area contributed by atoms with Gasteiger partial charge in [-0.05, 0) is 40.8 Å². The van der Waals surface area contributed by atoms with Crippen LogP contribution in [-0.4, -0.2) is 20.9 Å². The molecular formula is C16H13BrN4OS2. The summed E-state index contributed by atoms with van der Waals surface area (Å²) in [5, 5.41) is 16.8. The zero-order valence-electron chi connectivity index (χ0n) is 12.7. The number of anilines is 1. The van der Waals surface area contributed by atoms with Gasteiger partial charge in [0.2, 0.25) is 11.0 Å². The van der Waals surface area contributed by atoms with Crippen LogP contribution in [-0.2, 0) is 0 Å². The van der Waals surface area contributed by atoms with E-state index in [-0.39, 0.29) is 6.23 Å². The number of rotatable bonds is 3. The molecule has 8 heteroatoms. The van der Waals surface area contributed by atoms with Crippen molar-refractivity contribution in [3.05, 3.63) is 45.1 Å². The van der Waals surface area contributed by atoms with Gasteiger partial charge in [0, 0.05) is 21.3 Å². The zero-order valence-corrected chi connectivity index (χ0v) is 15.9. The lowest BCUT2D eigenvalue weighted by Gasteiger charge is -2.17. The van der Waals surface area contributed by atoms with Crippen molar-refractivity contribution < 1.29 is 4.74 Å². The molecule has 1 N–H and O–H groups in total. The third kappa shape index (κ3) is 3.01. The van der Waals surface area contributed by atoms with Crippen molar-refractivity contribution in [1.82, 2.24) is 15.2 Å². The maximum absolute atomic E-state index is 6.16. The average Bonchev–Trinajstić information content (AvgIpc) is 3.06.